The highest BCUT2D eigenvalue weighted by atomic mass is 32.1. The standard InChI is InChI=1S/C20H29N3O2S/c1-3-5-14(2)23-12-15-16(13-23)20(21-18(15)24)7-9-22(10-8-20)19(25)17-6-4-11-26-17/h4,6,11,14-16H,3,5,7-10,12-13H2,1-2H3,(H,21,24)/t14?,15-,16+/m1/s1. The molecule has 3 fully saturated rings. The summed E-state index contributed by atoms with van der Waals surface area (Å²) in [5.74, 6) is 0.904. The number of amides is 2. The molecule has 4 rings (SSSR count). The van der Waals surface area contributed by atoms with Gasteiger partial charge >= 0.3 is 0 Å². The van der Waals surface area contributed by atoms with E-state index < -0.39 is 0 Å². The summed E-state index contributed by atoms with van der Waals surface area (Å²) < 4.78 is 0. The number of fused-ring (bicyclic) bond motifs is 2. The highest BCUT2D eigenvalue weighted by molar-refractivity contribution is 7.12. The quantitative estimate of drug-likeness (QED) is 0.880. The van der Waals surface area contributed by atoms with Crippen molar-refractivity contribution in [2.24, 2.45) is 11.8 Å². The van der Waals surface area contributed by atoms with E-state index in [0.29, 0.717) is 12.0 Å². The number of rotatable bonds is 4. The van der Waals surface area contributed by atoms with Crippen molar-refractivity contribution >= 4 is 23.2 Å². The lowest BCUT2D eigenvalue weighted by molar-refractivity contribution is -0.123. The minimum atomic E-state index is -0.103. The summed E-state index contributed by atoms with van der Waals surface area (Å²) in [5.41, 5.74) is -0.103. The van der Waals surface area contributed by atoms with E-state index in [4.69, 9.17) is 0 Å². The minimum absolute atomic E-state index is 0.103. The van der Waals surface area contributed by atoms with Gasteiger partial charge < -0.3 is 10.2 Å². The van der Waals surface area contributed by atoms with Crippen LogP contribution in [0.25, 0.3) is 0 Å². The second-order valence-corrected chi connectivity index (χ2v) is 9.17. The fourth-order valence-electron chi connectivity index (χ4n) is 5.21. The second-order valence-electron chi connectivity index (χ2n) is 8.22. The molecule has 0 radical (unpaired) electrons. The van der Waals surface area contributed by atoms with Crippen LogP contribution in [0.1, 0.15) is 49.2 Å². The summed E-state index contributed by atoms with van der Waals surface area (Å²) in [6.45, 7) is 7.91. The molecule has 26 heavy (non-hydrogen) atoms. The Hall–Kier alpha value is -1.40. The number of hydrogen-bond donors (Lipinski definition) is 1. The average molecular weight is 376 g/mol. The molecule has 4 heterocycles. The normalized spacial score (nSPS) is 29.0. The number of likely N-dealkylation sites (tertiary alicyclic amines) is 2. The first kappa shape index (κ1) is 18.0. The van der Waals surface area contributed by atoms with E-state index in [0.717, 1.165) is 43.9 Å². The van der Waals surface area contributed by atoms with Crippen molar-refractivity contribution in [3.63, 3.8) is 0 Å². The van der Waals surface area contributed by atoms with Crippen LogP contribution < -0.4 is 5.32 Å². The van der Waals surface area contributed by atoms with Gasteiger partial charge in [-0.05, 0) is 37.6 Å². The SMILES string of the molecule is CCCC(C)N1C[C@H]2C(=O)NC3(CCN(C(=O)c4cccs4)CC3)[C@H]2C1. The monoisotopic (exact) mass is 375 g/mol. The Kier molecular flexibility index (Phi) is 4.82. The molecule has 1 spiro atoms. The molecule has 2 amide bonds. The van der Waals surface area contributed by atoms with Gasteiger partial charge in [0.1, 0.15) is 0 Å². The lowest BCUT2D eigenvalue weighted by Gasteiger charge is -2.43. The summed E-state index contributed by atoms with van der Waals surface area (Å²) in [4.78, 5) is 30.5. The molecule has 3 atom stereocenters. The number of nitrogens with one attached hydrogen (secondary N) is 1. The van der Waals surface area contributed by atoms with Crippen LogP contribution in [0.15, 0.2) is 17.5 Å². The van der Waals surface area contributed by atoms with Crippen LogP contribution in [-0.2, 0) is 4.79 Å². The van der Waals surface area contributed by atoms with E-state index in [1.165, 1.54) is 24.2 Å². The fraction of sp³-hybridized carbons (Fsp3) is 0.700. The topological polar surface area (TPSA) is 52.7 Å². The molecule has 1 N–H and O–H groups in total. The molecule has 0 aromatic carbocycles. The van der Waals surface area contributed by atoms with Crippen molar-refractivity contribution in [3.05, 3.63) is 22.4 Å². The maximum absolute atomic E-state index is 12.6. The summed E-state index contributed by atoms with van der Waals surface area (Å²) in [7, 11) is 0. The maximum Gasteiger partial charge on any atom is 0.263 e. The third kappa shape index (κ3) is 2.97. The lowest BCUT2D eigenvalue weighted by Crippen LogP contribution is -2.56. The van der Waals surface area contributed by atoms with Gasteiger partial charge in [-0.25, -0.2) is 0 Å². The molecule has 1 aromatic heterocycles. The van der Waals surface area contributed by atoms with E-state index in [-0.39, 0.29) is 23.3 Å². The molecule has 3 aliphatic heterocycles. The van der Waals surface area contributed by atoms with Crippen LogP contribution in [0.2, 0.25) is 0 Å². The van der Waals surface area contributed by atoms with Crippen molar-refractivity contribution in [2.75, 3.05) is 26.2 Å². The van der Waals surface area contributed by atoms with Crippen molar-refractivity contribution in [3.8, 4) is 0 Å². The Morgan fingerprint density at radius 1 is 1.38 bits per heavy atom. The number of piperidine rings is 1. The third-order valence-electron chi connectivity index (χ3n) is 6.77. The predicted octanol–water partition coefficient (Wildman–Crippen LogP) is 2.59. The predicted molar refractivity (Wildman–Crippen MR) is 103 cm³/mol. The average Bonchev–Trinajstić information content (AvgIpc) is 3.35. The molecule has 142 valence electrons. The van der Waals surface area contributed by atoms with Gasteiger partial charge in [-0.15, -0.1) is 11.3 Å². The Balaban J connectivity index is 1.43. The van der Waals surface area contributed by atoms with Gasteiger partial charge in [0.25, 0.3) is 5.91 Å². The van der Waals surface area contributed by atoms with Gasteiger partial charge in [-0.3, -0.25) is 14.5 Å². The van der Waals surface area contributed by atoms with Gasteiger partial charge in [-0.2, -0.15) is 0 Å². The Bertz CT molecular complexity index is 667. The summed E-state index contributed by atoms with van der Waals surface area (Å²) in [6.07, 6.45) is 4.14. The fourth-order valence-corrected chi connectivity index (χ4v) is 5.90. The lowest BCUT2D eigenvalue weighted by atomic mass is 9.75. The minimum Gasteiger partial charge on any atom is -0.350 e. The Labute approximate surface area is 159 Å². The van der Waals surface area contributed by atoms with Crippen LogP contribution in [0.5, 0.6) is 0 Å². The zero-order valence-electron chi connectivity index (χ0n) is 15.7. The molecule has 3 aliphatic rings. The molecular weight excluding hydrogens is 346 g/mol. The molecule has 1 unspecified atom stereocenters. The number of hydrogen-bond acceptors (Lipinski definition) is 4. The smallest absolute Gasteiger partial charge is 0.263 e. The van der Waals surface area contributed by atoms with Crippen LogP contribution in [0.4, 0.5) is 0 Å². The van der Waals surface area contributed by atoms with E-state index in [2.05, 4.69) is 24.1 Å². The van der Waals surface area contributed by atoms with Gasteiger partial charge in [0.2, 0.25) is 5.91 Å². The van der Waals surface area contributed by atoms with Crippen LogP contribution >= 0.6 is 11.3 Å². The summed E-state index contributed by atoms with van der Waals surface area (Å²) in [5, 5.41) is 5.31. The van der Waals surface area contributed by atoms with Crippen molar-refractivity contribution < 1.29 is 9.59 Å². The van der Waals surface area contributed by atoms with Crippen LogP contribution in [0, 0.1) is 11.8 Å². The molecule has 6 heteroatoms. The zero-order chi connectivity index (χ0) is 18.3. The van der Waals surface area contributed by atoms with E-state index in [9.17, 15) is 9.59 Å². The van der Waals surface area contributed by atoms with Crippen molar-refractivity contribution in [1.82, 2.24) is 15.1 Å². The molecular formula is C20H29N3O2S. The van der Waals surface area contributed by atoms with Gasteiger partial charge in [0, 0.05) is 43.7 Å². The van der Waals surface area contributed by atoms with Crippen molar-refractivity contribution in [2.45, 2.75) is 51.1 Å². The van der Waals surface area contributed by atoms with Gasteiger partial charge in [-0.1, -0.05) is 19.4 Å². The van der Waals surface area contributed by atoms with Crippen molar-refractivity contribution in [1.29, 1.82) is 0 Å². The first-order chi connectivity index (χ1) is 12.5. The zero-order valence-corrected chi connectivity index (χ0v) is 16.6. The Morgan fingerprint density at radius 3 is 2.81 bits per heavy atom. The van der Waals surface area contributed by atoms with Gasteiger partial charge in [0.05, 0.1) is 10.8 Å². The summed E-state index contributed by atoms with van der Waals surface area (Å²) in [6, 6.07) is 4.38. The highest BCUT2D eigenvalue weighted by Gasteiger charge is 2.57. The molecule has 3 saturated heterocycles. The first-order valence-electron chi connectivity index (χ1n) is 9.93. The van der Waals surface area contributed by atoms with Gasteiger partial charge in [0.15, 0.2) is 0 Å². The van der Waals surface area contributed by atoms with E-state index in [1.807, 2.05) is 22.4 Å². The number of thiophene rings is 1. The molecule has 5 nitrogen and oxygen atoms in total. The maximum atomic E-state index is 12.6. The molecule has 0 saturated carbocycles. The second kappa shape index (κ2) is 6.97. The summed E-state index contributed by atoms with van der Waals surface area (Å²) >= 11 is 1.50. The number of carbonyl (C=O) groups excluding carboxylic acids is 2. The van der Waals surface area contributed by atoms with E-state index in [1.54, 1.807) is 0 Å². The van der Waals surface area contributed by atoms with E-state index >= 15 is 0 Å². The molecule has 0 bridgehead atoms. The number of nitrogens with zero attached hydrogens (tertiary/aromatic N) is 2. The largest absolute Gasteiger partial charge is 0.350 e. The third-order valence-corrected chi connectivity index (χ3v) is 7.63. The molecule has 1 aromatic rings. The number of carbonyl (C=O) groups is 2. The highest BCUT2D eigenvalue weighted by Crippen LogP contribution is 2.44. The first-order valence-corrected chi connectivity index (χ1v) is 10.8. The van der Waals surface area contributed by atoms with Crippen LogP contribution in [0.3, 0.4) is 0 Å². The Morgan fingerprint density at radius 2 is 2.15 bits per heavy atom. The van der Waals surface area contributed by atoms with Crippen LogP contribution in [-0.4, -0.2) is 59.4 Å². The molecule has 0 aliphatic carbocycles.